The van der Waals surface area contributed by atoms with Crippen LogP contribution in [0.1, 0.15) is 21.5 Å². The Morgan fingerprint density at radius 3 is 1.97 bits per heavy atom. The Morgan fingerprint density at radius 1 is 0.857 bits per heavy atom. The number of aryl methyl sites for hydroxylation is 2. The third kappa shape index (κ3) is 3.06. The molecule has 1 aliphatic heterocycles. The van der Waals surface area contributed by atoms with Crippen molar-refractivity contribution in [1.29, 1.82) is 0 Å². The van der Waals surface area contributed by atoms with Crippen LogP contribution in [0.2, 0.25) is 0 Å². The van der Waals surface area contributed by atoms with E-state index in [0.29, 0.717) is 5.69 Å². The van der Waals surface area contributed by atoms with Crippen molar-refractivity contribution in [2.45, 2.75) is 27.9 Å². The molecule has 2 bridgehead atoms. The zero-order chi connectivity index (χ0) is 25.7. The second kappa shape index (κ2) is 8.01. The van der Waals surface area contributed by atoms with E-state index in [-0.39, 0.29) is 21.3 Å². The fourth-order valence-electron chi connectivity index (χ4n) is 5.06. The number of amides is 3. The van der Waals surface area contributed by atoms with Crippen molar-refractivity contribution in [3.8, 4) is 0 Å². The molecule has 2 aliphatic carbocycles. The minimum absolute atomic E-state index is 0.161. The molecule has 0 unspecified atom stereocenters. The number of allylic oxidation sites excluding steroid dienone is 2. The van der Waals surface area contributed by atoms with Gasteiger partial charge in [0.05, 0.1) is 27.6 Å². The molecule has 1 saturated heterocycles. The lowest BCUT2D eigenvalue weighted by molar-refractivity contribution is -0.123. The fraction of sp³-hybridized carbons (Fsp3) is 0.292. The lowest BCUT2D eigenvalue weighted by Gasteiger charge is -2.34. The van der Waals surface area contributed by atoms with Gasteiger partial charge in [-0.1, -0.05) is 58.5 Å². The number of rotatable bonds is 3. The predicted octanol–water partition coefficient (Wildman–Crippen LogP) is 6.51. The zero-order valence-electron chi connectivity index (χ0n) is 18.1. The Bertz CT molecular complexity index is 1330. The first-order valence-electron chi connectivity index (χ1n) is 10.5. The van der Waals surface area contributed by atoms with Gasteiger partial charge < -0.3 is 5.32 Å². The summed E-state index contributed by atoms with van der Waals surface area (Å²) in [6, 6.07) is 11.6. The molecular weight excluding hydrogens is 577 g/mol. The van der Waals surface area contributed by atoms with Crippen molar-refractivity contribution in [3.05, 3.63) is 69.2 Å². The Kier molecular flexibility index (Phi) is 5.77. The van der Waals surface area contributed by atoms with Crippen LogP contribution in [0.3, 0.4) is 0 Å². The van der Waals surface area contributed by atoms with Gasteiger partial charge in [0.1, 0.15) is 9.75 Å². The van der Waals surface area contributed by atoms with Gasteiger partial charge in [-0.15, -0.1) is 23.2 Å². The molecule has 11 heteroatoms. The normalized spacial score (nSPS) is 30.8. The highest BCUT2D eigenvalue weighted by Gasteiger charge is 2.87. The molecule has 3 aliphatic rings. The Morgan fingerprint density at radius 2 is 1.43 bits per heavy atom. The van der Waals surface area contributed by atoms with E-state index in [4.69, 9.17) is 69.6 Å². The smallest absolute Gasteiger partial charge is 0.255 e. The summed E-state index contributed by atoms with van der Waals surface area (Å²) in [7, 11) is 0. The molecule has 1 N–H and O–H groups in total. The first-order valence-corrected chi connectivity index (χ1v) is 12.7. The monoisotopic (exact) mass is 590 g/mol. The Labute approximate surface area is 231 Å². The highest BCUT2D eigenvalue weighted by Crippen LogP contribution is 2.77. The second-order valence-electron chi connectivity index (χ2n) is 8.90. The Balaban J connectivity index is 1.49. The van der Waals surface area contributed by atoms with E-state index in [1.165, 1.54) is 12.1 Å². The number of nitrogens with one attached hydrogen (secondary N) is 1. The molecule has 5 rings (SSSR count). The number of halogens is 6. The minimum Gasteiger partial charge on any atom is -0.322 e. The number of hydrogen-bond donors (Lipinski definition) is 1. The van der Waals surface area contributed by atoms with Crippen molar-refractivity contribution in [2.24, 2.45) is 11.8 Å². The average Bonchev–Trinajstić information content (AvgIpc) is 3.20. The van der Waals surface area contributed by atoms with Crippen LogP contribution < -0.4 is 10.2 Å². The van der Waals surface area contributed by atoms with Gasteiger partial charge >= 0.3 is 0 Å². The van der Waals surface area contributed by atoms with Crippen LogP contribution >= 0.6 is 69.6 Å². The molecule has 0 radical (unpaired) electrons. The number of alkyl halides is 4. The molecule has 35 heavy (non-hydrogen) atoms. The number of nitrogens with zero attached hydrogens (tertiary/aromatic N) is 1. The molecular formula is C24H16Cl6N2O3. The average molecular weight is 593 g/mol. The number of imide groups is 1. The standard InChI is InChI=1S/C24H16Cl6N2O3/c1-10-6-7-13(8-11(10)2)31-19(33)12-4-3-5-14(9-12)32-20(34)15-16(21(32)35)23(28)18(26)17(25)22(15,27)24(23,29)30/h3-9,15-16H,1-2H3,(H,31,33)/t15-,16-,22-,23-/m1/s1. The summed E-state index contributed by atoms with van der Waals surface area (Å²) in [6.07, 6.45) is 0. The van der Waals surface area contributed by atoms with Crippen molar-refractivity contribution < 1.29 is 14.4 Å². The van der Waals surface area contributed by atoms with Gasteiger partial charge in [-0.2, -0.15) is 0 Å². The zero-order valence-corrected chi connectivity index (χ0v) is 22.7. The first kappa shape index (κ1) is 25.2. The van der Waals surface area contributed by atoms with Crippen LogP contribution in [0.25, 0.3) is 0 Å². The van der Waals surface area contributed by atoms with Crippen LogP contribution in [-0.4, -0.2) is 31.8 Å². The molecule has 2 aromatic carbocycles. The molecule has 1 heterocycles. The topological polar surface area (TPSA) is 66.5 Å². The molecule has 2 fully saturated rings. The van der Waals surface area contributed by atoms with Gasteiger partial charge in [0, 0.05) is 11.3 Å². The van der Waals surface area contributed by atoms with Crippen molar-refractivity contribution in [3.63, 3.8) is 0 Å². The van der Waals surface area contributed by atoms with Gasteiger partial charge in [0.2, 0.25) is 11.8 Å². The van der Waals surface area contributed by atoms with Gasteiger partial charge in [0.25, 0.3) is 5.91 Å². The van der Waals surface area contributed by atoms with Gasteiger partial charge in [-0.05, 0) is 55.3 Å². The Hall–Kier alpha value is -1.47. The molecule has 182 valence electrons. The van der Waals surface area contributed by atoms with Gasteiger partial charge in [0.15, 0.2) is 4.33 Å². The number of carbonyl (C=O) groups is 3. The maximum atomic E-state index is 13.5. The summed E-state index contributed by atoms with van der Waals surface area (Å²) in [5.74, 6) is -4.26. The van der Waals surface area contributed by atoms with Crippen molar-refractivity contribution in [2.75, 3.05) is 10.2 Å². The molecule has 0 spiro atoms. The largest absolute Gasteiger partial charge is 0.322 e. The van der Waals surface area contributed by atoms with Gasteiger partial charge in [-0.25, -0.2) is 4.90 Å². The molecule has 0 aromatic heterocycles. The van der Waals surface area contributed by atoms with E-state index < -0.39 is 43.6 Å². The van der Waals surface area contributed by atoms with Crippen LogP contribution in [0.15, 0.2) is 52.5 Å². The number of hydrogen-bond acceptors (Lipinski definition) is 3. The summed E-state index contributed by atoms with van der Waals surface area (Å²) in [4.78, 5) is 37.1. The van der Waals surface area contributed by atoms with Gasteiger partial charge in [-0.3, -0.25) is 14.4 Å². The summed E-state index contributed by atoms with van der Waals surface area (Å²) < 4.78 is -2.00. The number of carbonyl (C=O) groups excluding carboxylic acids is 3. The molecule has 3 amide bonds. The minimum atomic E-state index is -2.00. The van der Waals surface area contributed by atoms with Crippen molar-refractivity contribution in [1.82, 2.24) is 0 Å². The lowest BCUT2D eigenvalue weighted by Crippen LogP contribution is -2.50. The van der Waals surface area contributed by atoms with Crippen LogP contribution in [0, 0.1) is 25.7 Å². The SMILES string of the molecule is Cc1ccc(NC(=O)c2cccc(N3C(=O)[C@H]4[C@H](C3=O)[C@@]3(Cl)C(Cl)=C(Cl)[C@@]4(Cl)C3(Cl)Cl)c2)cc1C. The summed E-state index contributed by atoms with van der Waals surface area (Å²) in [5.41, 5.74) is 3.14. The molecule has 2 aromatic rings. The summed E-state index contributed by atoms with van der Waals surface area (Å²) in [6.45, 7) is 3.91. The second-order valence-corrected chi connectivity index (χ2v) is 12.2. The van der Waals surface area contributed by atoms with E-state index >= 15 is 0 Å². The van der Waals surface area contributed by atoms with E-state index in [1.54, 1.807) is 18.2 Å². The molecule has 5 nitrogen and oxygen atoms in total. The number of benzene rings is 2. The van der Waals surface area contributed by atoms with E-state index in [9.17, 15) is 14.4 Å². The highest BCUT2D eigenvalue weighted by atomic mass is 35.5. The molecule has 4 atom stereocenters. The third-order valence-corrected chi connectivity index (χ3v) is 11.3. The lowest BCUT2D eigenvalue weighted by atomic mass is 9.84. The fourth-order valence-corrected chi connectivity index (χ4v) is 7.99. The van der Waals surface area contributed by atoms with Crippen LogP contribution in [-0.2, 0) is 9.59 Å². The first-order chi connectivity index (χ1) is 16.3. The quantitative estimate of drug-likeness (QED) is 0.326. The molecule has 1 saturated carbocycles. The maximum Gasteiger partial charge on any atom is 0.255 e. The van der Waals surface area contributed by atoms with Crippen molar-refractivity contribution >= 4 is 98.7 Å². The van der Waals surface area contributed by atoms with E-state index in [1.807, 2.05) is 26.0 Å². The van der Waals surface area contributed by atoms with E-state index in [2.05, 4.69) is 5.32 Å². The van der Waals surface area contributed by atoms with Crippen LogP contribution in [0.5, 0.6) is 0 Å². The third-order valence-electron chi connectivity index (χ3n) is 7.04. The number of fused-ring (bicyclic) bond motifs is 5. The maximum absolute atomic E-state index is 13.5. The van der Waals surface area contributed by atoms with Crippen LogP contribution in [0.4, 0.5) is 11.4 Å². The predicted molar refractivity (Wildman–Crippen MR) is 140 cm³/mol. The van der Waals surface area contributed by atoms with E-state index in [0.717, 1.165) is 16.0 Å². The highest BCUT2D eigenvalue weighted by molar-refractivity contribution is 6.67. The number of anilines is 2. The summed E-state index contributed by atoms with van der Waals surface area (Å²) >= 11 is 39.2. The summed E-state index contributed by atoms with van der Waals surface area (Å²) in [5, 5.41) is 2.50.